The predicted octanol–water partition coefficient (Wildman–Crippen LogP) is 2.98. The fraction of sp³-hybridized carbons (Fsp3) is 0.211. The Bertz CT molecular complexity index is 1070. The zero-order chi connectivity index (χ0) is 18.3. The molecule has 0 aliphatic carbocycles. The number of carbonyl (C=O) groups excluding carboxylic acids is 2. The van der Waals surface area contributed by atoms with Crippen molar-refractivity contribution in [3.8, 4) is 0 Å². The SMILES string of the molecule is Cn1c(=O)sc2cc(NC(=O)c3ccc(N4CCCC4=O)cc3)ccc21. The molecule has 2 amide bonds. The van der Waals surface area contributed by atoms with Crippen LogP contribution in [-0.2, 0) is 11.8 Å². The Morgan fingerprint density at radius 1 is 1.12 bits per heavy atom. The van der Waals surface area contributed by atoms with E-state index in [4.69, 9.17) is 0 Å². The fourth-order valence-corrected chi connectivity index (χ4v) is 4.05. The molecule has 1 aliphatic rings. The van der Waals surface area contributed by atoms with Crippen molar-refractivity contribution < 1.29 is 9.59 Å². The zero-order valence-corrected chi connectivity index (χ0v) is 15.0. The number of hydrogen-bond acceptors (Lipinski definition) is 4. The highest BCUT2D eigenvalue weighted by Crippen LogP contribution is 2.23. The molecule has 0 bridgehead atoms. The summed E-state index contributed by atoms with van der Waals surface area (Å²) in [6.45, 7) is 0.727. The largest absolute Gasteiger partial charge is 0.322 e. The van der Waals surface area contributed by atoms with Gasteiger partial charge in [0, 0.05) is 37.0 Å². The summed E-state index contributed by atoms with van der Waals surface area (Å²) >= 11 is 1.15. The van der Waals surface area contributed by atoms with Crippen LogP contribution in [0.25, 0.3) is 10.2 Å². The van der Waals surface area contributed by atoms with Gasteiger partial charge in [-0.15, -0.1) is 0 Å². The number of thiazole rings is 1. The third kappa shape index (κ3) is 2.90. The summed E-state index contributed by atoms with van der Waals surface area (Å²) in [6.07, 6.45) is 1.45. The number of anilines is 2. The lowest BCUT2D eigenvalue weighted by molar-refractivity contribution is -0.117. The van der Waals surface area contributed by atoms with Gasteiger partial charge in [0.05, 0.1) is 10.2 Å². The molecule has 1 N–H and O–H groups in total. The quantitative estimate of drug-likeness (QED) is 0.774. The number of hydrogen-bond donors (Lipinski definition) is 1. The summed E-state index contributed by atoms with van der Waals surface area (Å²) in [5, 5.41) is 2.85. The van der Waals surface area contributed by atoms with Gasteiger partial charge in [-0.3, -0.25) is 14.4 Å². The Kier molecular flexibility index (Phi) is 4.08. The molecule has 132 valence electrons. The van der Waals surface area contributed by atoms with Crippen molar-refractivity contribution in [3.63, 3.8) is 0 Å². The van der Waals surface area contributed by atoms with Crippen molar-refractivity contribution in [1.82, 2.24) is 4.57 Å². The molecule has 1 fully saturated rings. The Labute approximate surface area is 153 Å². The first-order chi connectivity index (χ1) is 12.5. The lowest BCUT2D eigenvalue weighted by Crippen LogP contribution is -2.23. The summed E-state index contributed by atoms with van der Waals surface area (Å²) in [5.41, 5.74) is 2.82. The molecule has 1 aromatic heterocycles. The lowest BCUT2D eigenvalue weighted by atomic mass is 10.1. The number of rotatable bonds is 3. The van der Waals surface area contributed by atoms with Crippen molar-refractivity contribution in [2.24, 2.45) is 7.05 Å². The van der Waals surface area contributed by atoms with Crippen LogP contribution in [0.15, 0.2) is 47.3 Å². The second kappa shape index (κ2) is 6.42. The Morgan fingerprint density at radius 2 is 1.88 bits per heavy atom. The minimum absolute atomic E-state index is 0.0319. The highest BCUT2D eigenvalue weighted by atomic mass is 32.1. The van der Waals surface area contributed by atoms with Gasteiger partial charge in [-0.05, 0) is 48.9 Å². The van der Waals surface area contributed by atoms with Crippen LogP contribution in [0, 0.1) is 0 Å². The maximum atomic E-state index is 12.5. The normalized spacial score (nSPS) is 14.2. The molecule has 0 saturated carbocycles. The topological polar surface area (TPSA) is 71.4 Å². The van der Waals surface area contributed by atoms with Gasteiger partial charge in [-0.1, -0.05) is 11.3 Å². The minimum Gasteiger partial charge on any atom is -0.322 e. The maximum Gasteiger partial charge on any atom is 0.307 e. The van der Waals surface area contributed by atoms with Gasteiger partial charge >= 0.3 is 4.87 Å². The van der Waals surface area contributed by atoms with E-state index in [9.17, 15) is 14.4 Å². The molecular formula is C19H17N3O3S. The van der Waals surface area contributed by atoms with E-state index in [1.807, 2.05) is 6.07 Å². The summed E-state index contributed by atoms with van der Waals surface area (Å²) in [7, 11) is 1.73. The summed E-state index contributed by atoms with van der Waals surface area (Å²) < 4.78 is 2.42. The Morgan fingerprint density at radius 3 is 2.58 bits per heavy atom. The molecule has 3 aromatic rings. The van der Waals surface area contributed by atoms with Gasteiger partial charge in [-0.2, -0.15) is 0 Å². The molecule has 0 unspecified atom stereocenters. The van der Waals surface area contributed by atoms with E-state index >= 15 is 0 Å². The van der Waals surface area contributed by atoms with Crippen LogP contribution in [0.4, 0.5) is 11.4 Å². The first-order valence-electron chi connectivity index (χ1n) is 8.34. The smallest absolute Gasteiger partial charge is 0.307 e. The van der Waals surface area contributed by atoms with Gasteiger partial charge in [-0.25, -0.2) is 0 Å². The van der Waals surface area contributed by atoms with Crippen LogP contribution >= 0.6 is 11.3 Å². The summed E-state index contributed by atoms with van der Waals surface area (Å²) in [5.74, 6) is -0.107. The number of nitrogens with one attached hydrogen (secondary N) is 1. The molecular weight excluding hydrogens is 350 g/mol. The fourth-order valence-electron chi connectivity index (χ4n) is 3.13. The second-order valence-corrected chi connectivity index (χ2v) is 7.25. The third-order valence-electron chi connectivity index (χ3n) is 4.56. The maximum absolute atomic E-state index is 12.5. The Hall–Kier alpha value is -2.93. The van der Waals surface area contributed by atoms with Gasteiger partial charge in [0.1, 0.15) is 0 Å². The molecule has 0 radical (unpaired) electrons. The average Bonchev–Trinajstić information content (AvgIpc) is 3.18. The van der Waals surface area contributed by atoms with E-state index in [2.05, 4.69) is 5.32 Å². The van der Waals surface area contributed by atoms with Crippen LogP contribution in [0.1, 0.15) is 23.2 Å². The number of aryl methyl sites for hydroxylation is 1. The van der Waals surface area contributed by atoms with E-state index in [-0.39, 0.29) is 16.7 Å². The third-order valence-corrected chi connectivity index (χ3v) is 5.56. The van der Waals surface area contributed by atoms with Crippen LogP contribution in [0.2, 0.25) is 0 Å². The van der Waals surface area contributed by atoms with Crippen molar-refractivity contribution in [3.05, 3.63) is 57.7 Å². The van der Waals surface area contributed by atoms with Gasteiger partial charge in [0.2, 0.25) is 5.91 Å². The number of fused-ring (bicyclic) bond motifs is 1. The van der Waals surface area contributed by atoms with E-state index in [1.54, 1.807) is 52.9 Å². The minimum atomic E-state index is -0.230. The molecule has 7 heteroatoms. The summed E-state index contributed by atoms with van der Waals surface area (Å²) in [4.78, 5) is 37.7. The molecule has 1 aliphatic heterocycles. The van der Waals surface area contributed by atoms with Crippen LogP contribution in [0.3, 0.4) is 0 Å². The molecule has 26 heavy (non-hydrogen) atoms. The van der Waals surface area contributed by atoms with Gasteiger partial charge in [0.15, 0.2) is 0 Å². The number of amides is 2. The number of benzene rings is 2. The molecule has 0 spiro atoms. The monoisotopic (exact) mass is 367 g/mol. The summed E-state index contributed by atoms with van der Waals surface area (Å²) in [6, 6.07) is 12.4. The van der Waals surface area contributed by atoms with E-state index in [0.29, 0.717) is 17.7 Å². The Balaban J connectivity index is 1.52. The van der Waals surface area contributed by atoms with E-state index in [1.165, 1.54) is 0 Å². The van der Waals surface area contributed by atoms with Crippen molar-refractivity contribution in [1.29, 1.82) is 0 Å². The number of carbonyl (C=O) groups is 2. The standard InChI is InChI=1S/C19H17N3O3S/c1-21-15-9-6-13(11-16(15)26-19(21)25)20-18(24)12-4-7-14(8-5-12)22-10-2-3-17(22)23/h4-9,11H,2-3,10H2,1H3,(H,20,24). The predicted molar refractivity (Wildman–Crippen MR) is 103 cm³/mol. The molecule has 0 atom stereocenters. The molecule has 1 saturated heterocycles. The molecule has 2 aromatic carbocycles. The molecule has 6 nitrogen and oxygen atoms in total. The second-order valence-electron chi connectivity index (χ2n) is 6.26. The van der Waals surface area contributed by atoms with Gasteiger partial charge < -0.3 is 14.8 Å². The van der Waals surface area contributed by atoms with Crippen LogP contribution in [-0.4, -0.2) is 22.9 Å². The first kappa shape index (κ1) is 16.5. The lowest BCUT2D eigenvalue weighted by Gasteiger charge is -2.15. The van der Waals surface area contributed by atoms with Crippen LogP contribution in [0.5, 0.6) is 0 Å². The number of nitrogens with zero attached hydrogens (tertiary/aromatic N) is 2. The first-order valence-corrected chi connectivity index (χ1v) is 9.16. The van der Waals surface area contributed by atoms with E-state index < -0.39 is 0 Å². The van der Waals surface area contributed by atoms with Crippen molar-refractivity contribution in [2.45, 2.75) is 12.8 Å². The highest BCUT2D eigenvalue weighted by molar-refractivity contribution is 7.16. The highest BCUT2D eigenvalue weighted by Gasteiger charge is 2.21. The van der Waals surface area contributed by atoms with Gasteiger partial charge in [0.25, 0.3) is 5.91 Å². The molecule has 2 heterocycles. The zero-order valence-electron chi connectivity index (χ0n) is 14.2. The van der Waals surface area contributed by atoms with Crippen LogP contribution < -0.4 is 15.1 Å². The average molecular weight is 367 g/mol. The van der Waals surface area contributed by atoms with E-state index in [0.717, 1.165) is 40.2 Å². The van der Waals surface area contributed by atoms with Crippen molar-refractivity contribution in [2.75, 3.05) is 16.8 Å². The van der Waals surface area contributed by atoms with Crippen molar-refractivity contribution >= 4 is 44.7 Å². The number of aromatic nitrogens is 1. The molecule has 4 rings (SSSR count).